The average Bonchev–Trinajstić information content (AvgIpc) is 3.32. The van der Waals surface area contributed by atoms with E-state index in [-0.39, 0.29) is 19.1 Å². The van der Waals surface area contributed by atoms with Crippen LogP contribution in [0.5, 0.6) is 0 Å². The van der Waals surface area contributed by atoms with Crippen LogP contribution >= 0.6 is 0 Å². The van der Waals surface area contributed by atoms with E-state index < -0.39 is 24.0 Å². The number of benzene rings is 2. The molecule has 1 fully saturated rings. The molecule has 2 unspecified atom stereocenters. The third-order valence-corrected chi connectivity index (χ3v) is 6.14. The van der Waals surface area contributed by atoms with Crippen LogP contribution in [0.15, 0.2) is 41.4 Å². The van der Waals surface area contributed by atoms with Gasteiger partial charge < -0.3 is 30.7 Å². The second kappa shape index (κ2) is 7.98. The van der Waals surface area contributed by atoms with Crippen molar-refractivity contribution >= 4 is 34.9 Å². The predicted octanol–water partition coefficient (Wildman–Crippen LogP) is 0.222. The molecule has 5 rings (SSSR count). The Labute approximate surface area is 189 Å². The van der Waals surface area contributed by atoms with Gasteiger partial charge in [-0.25, -0.2) is 0 Å². The fraction of sp³-hybridized carbons (Fsp3) is 0.304. The summed E-state index contributed by atoms with van der Waals surface area (Å²) < 4.78 is 5.47. The van der Waals surface area contributed by atoms with Gasteiger partial charge in [-0.2, -0.15) is 0 Å². The highest BCUT2D eigenvalue weighted by Crippen LogP contribution is 2.28. The largest absolute Gasteiger partial charge is 0.383 e. The van der Waals surface area contributed by atoms with Crippen LogP contribution in [0.4, 0.5) is 11.4 Å². The van der Waals surface area contributed by atoms with Crippen LogP contribution < -0.4 is 16.0 Å². The molecule has 2 aromatic carbocycles. The predicted molar refractivity (Wildman–Crippen MR) is 120 cm³/mol. The van der Waals surface area contributed by atoms with Crippen LogP contribution in [0.25, 0.3) is 0 Å². The topological polar surface area (TPSA) is 138 Å². The number of ether oxygens (including phenoxy) is 1. The Morgan fingerprint density at radius 3 is 2.85 bits per heavy atom. The lowest BCUT2D eigenvalue weighted by atomic mass is 10.1. The number of nitrogens with zero attached hydrogens (tertiary/aromatic N) is 3. The van der Waals surface area contributed by atoms with Crippen molar-refractivity contribution < 1.29 is 24.2 Å². The lowest BCUT2D eigenvalue weighted by Gasteiger charge is -2.34. The minimum atomic E-state index is -1.71. The van der Waals surface area contributed by atoms with Gasteiger partial charge >= 0.3 is 0 Å². The molecule has 1 saturated heterocycles. The van der Waals surface area contributed by atoms with Gasteiger partial charge in [-0.15, -0.1) is 0 Å². The van der Waals surface area contributed by atoms with Crippen molar-refractivity contribution in [2.24, 2.45) is 10.7 Å². The summed E-state index contributed by atoms with van der Waals surface area (Å²) in [5, 5.41) is 13.2. The number of hydrogen-bond acceptors (Lipinski definition) is 7. The Morgan fingerprint density at radius 2 is 2.03 bits per heavy atom. The number of anilines is 2. The normalized spacial score (nSPS) is 20.4. The second-order valence-electron chi connectivity index (χ2n) is 8.29. The van der Waals surface area contributed by atoms with Gasteiger partial charge in [0.2, 0.25) is 0 Å². The van der Waals surface area contributed by atoms with Gasteiger partial charge in [-0.3, -0.25) is 19.4 Å². The maximum Gasteiger partial charge on any atom is 0.259 e. The number of amidine groups is 1. The summed E-state index contributed by atoms with van der Waals surface area (Å²) in [5.74, 6) is -0.959. The number of hydrogen-bond donors (Lipinski definition) is 3. The summed E-state index contributed by atoms with van der Waals surface area (Å²) in [4.78, 5) is 45.3. The van der Waals surface area contributed by atoms with E-state index in [0.717, 1.165) is 16.7 Å². The summed E-state index contributed by atoms with van der Waals surface area (Å²) in [6.45, 7) is 1.33. The molecule has 0 radical (unpaired) electrons. The number of aliphatic imine (C=N–C) groups is 1. The third-order valence-electron chi connectivity index (χ3n) is 6.14. The molecule has 2 atom stereocenters. The highest BCUT2D eigenvalue weighted by molar-refractivity contribution is 6.06. The Hall–Kier alpha value is -3.76. The van der Waals surface area contributed by atoms with E-state index in [1.54, 1.807) is 42.3 Å². The van der Waals surface area contributed by atoms with Gasteiger partial charge in [0.25, 0.3) is 17.7 Å². The molecule has 0 saturated carbocycles. The highest BCUT2D eigenvalue weighted by Gasteiger charge is 2.40. The van der Waals surface area contributed by atoms with E-state index in [1.807, 2.05) is 6.07 Å². The number of morpholine rings is 1. The molecule has 3 amide bonds. The van der Waals surface area contributed by atoms with Gasteiger partial charge in [-0.05, 0) is 41.5 Å². The van der Waals surface area contributed by atoms with E-state index in [2.05, 4.69) is 10.3 Å². The Kier molecular flexibility index (Phi) is 5.10. The maximum absolute atomic E-state index is 13.1. The molecule has 10 heteroatoms. The van der Waals surface area contributed by atoms with Crippen molar-refractivity contribution in [3.8, 4) is 0 Å². The molecule has 2 aromatic rings. The standard InChI is InChI=1S/C23H23N5O5/c1-27-11-12-2-4-15(9-17(12)22(27)31)28-6-7-33-19(23(28)32)18(29)21(30)26-14-3-5-16-13(8-14)10-25-20(16)24/h2-5,8-9,18-19,29H,6-7,10-11H2,1H3,(H2,24,25)(H,26,30). The number of amides is 3. The van der Waals surface area contributed by atoms with Gasteiger partial charge in [0.15, 0.2) is 12.2 Å². The number of nitrogens with two attached hydrogens (primary N) is 1. The molecule has 10 nitrogen and oxygen atoms in total. The first-order chi connectivity index (χ1) is 15.8. The summed E-state index contributed by atoms with van der Waals surface area (Å²) in [6, 6.07) is 10.4. The zero-order chi connectivity index (χ0) is 23.3. The van der Waals surface area contributed by atoms with Crippen molar-refractivity contribution in [2.45, 2.75) is 25.3 Å². The number of rotatable bonds is 4. The van der Waals surface area contributed by atoms with E-state index in [4.69, 9.17) is 10.5 Å². The van der Waals surface area contributed by atoms with E-state index in [0.29, 0.717) is 35.9 Å². The zero-order valence-electron chi connectivity index (χ0n) is 17.9. The van der Waals surface area contributed by atoms with Crippen molar-refractivity contribution in [3.63, 3.8) is 0 Å². The first-order valence-electron chi connectivity index (χ1n) is 10.6. The molecule has 33 heavy (non-hydrogen) atoms. The minimum Gasteiger partial charge on any atom is -0.383 e. The zero-order valence-corrected chi connectivity index (χ0v) is 17.9. The number of carbonyl (C=O) groups excluding carboxylic acids is 3. The van der Waals surface area contributed by atoms with Gasteiger partial charge in [-0.1, -0.05) is 6.07 Å². The molecule has 0 aromatic heterocycles. The highest BCUT2D eigenvalue weighted by atomic mass is 16.5. The van der Waals surface area contributed by atoms with Crippen LogP contribution in [-0.2, 0) is 27.4 Å². The molecular weight excluding hydrogens is 426 g/mol. The van der Waals surface area contributed by atoms with Crippen LogP contribution in [0, 0.1) is 0 Å². The minimum absolute atomic E-state index is 0.106. The molecular formula is C23H23N5O5. The number of fused-ring (bicyclic) bond motifs is 2. The van der Waals surface area contributed by atoms with Crippen LogP contribution in [0.1, 0.15) is 27.0 Å². The molecule has 0 spiro atoms. The monoisotopic (exact) mass is 449 g/mol. The Balaban J connectivity index is 1.30. The second-order valence-corrected chi connectivity index (χ2v) is 8.29. The SMILES string of the molecule is CN1Cc2ccc(N3CCOC(C(O)C(=O)Nc4ccc5c(c4)CN=C5N)C3=O)cc2C1=O. The van der Waals surface area contributed by atoms with Gasteiger partial charge in [0.05, 0.1) is 13.2 Å². The summed E-state index contributed by atoms with van der Waals surface area (Å²) >= 11 is 0. The lowest BCUT2D eigenvalue weighted by Crippen LogP contribution is -2.55. The van der Waals surface area contributed by atoms with Crippen molar-refractivity contribution in [1.29, 1.82) is 0 Å². The lowest BCUT2D eigenvalue weighted by molar-refractivity contribution is -0.150. The number of nitrogens with one attached hydrogen (secondary N) is 1. The van der Waals surface area contributed by atoms with E-state index in [1.165, 1.54) is 4.90 Å². The summed E-state index contributed by atoms with van der Waals surface area (Å²) in [7, 11) is 1.72. The Bertz CT molecular complexity index is 1210. The van der Waals surface area contributed by atoms with Crippen molar-refractivity contribution in [2.75, 3.05) is 30.4 Å². The Morgan fingerprint density at radius 1 is 1.21 bits per heavy atom. The summed E-state index contributed by atoms with van der Waals surface area (Å²) in [6.07, 6.45) is -3.07. The van der Waals surface area contributed by atoms with Crippen LogP contribution in [0.3, 0.4) is 0 Å². The number of aliphatic hydroxyl groups is 1. The molecule has 3 heterocycles. The van der Waals surface area contributed by atoms with Gasteiger partial charge in [0.1, 0.15) is 5.84 Å². The van der Waals surface area contributed by atoms with Crippen molar-refractivity contribution in [3.05, 3.63) is 58.7 Å². The maximum atomic E-state index is 13.1. The quantitative estimate of drug-likeness (QED) is 0.611. The first-order valence-corrected chi connectivity index (χ1v) is 10.6. The van der Waals surface area contributed by atoms with E-state index >= 15 is 0 Å². The first kappa shape index (κ1) is 21.1. The fourth-order valence-corrected chi connectivity index (χ4v) is 4.35. The molecule has 3 aliphatic rings. The number of aliphatic hydroxyl groups excluding tert-OH is 1. The fourth-order valence-electron chi connectivity index (χ4n) is 4.35. The van der Waals surface area contributed by atoms with Gasteiger partial charge in [0, 0.05) is 42.6 Å². The van der Waals surface area contributed by atoms with Crippen LogP contribution in [-0.4, -0.2) is 66.0 Å². The molecule has 4 N–H and O–H groups in total. The summed E-state index contributed by atoms with van der Waals surface area (Å²) in [5.41, 5.74) is 9.92. The van der Waals surface area contributed by atoms with Crippen LogP contribution in [0.2, 0.25) is 0 Å². The smallest absolute Gasteiger partial charge is 0.259 e. The van der Waals surface area contributed by atoms with Crippen molar-refractivity contribution in [1.82, 2.24) is 4.90 Å². The molecule has 3 aliphatic heterocycles. The molecule has 0 bridgehead atoms. The average molecular weight is 449 g/mol. The third kappa shape index (κ3) is 3.62. The van der Waals surface area contributed by atoms with E-state index in [9.17, 15) is 19.5 Å². The molecule has 170 valence electrons. The molecule has 0 aliphatic carbocycles. The number of carbonyl (C=O) groups is 3.